The quantitative estimate of drug-likeness (QED) is 0.611. The summed E-state index contributed by atoms with van der Waals surface area (Å²) < 4.78 is 0. The summed E-state index contributed by atoms with van der Waals surface area (Å²) in [6, 6.07) is 7.04. The smallest absolute Gasteiger partial charge is 0.00669 e. The van der Waals surface area contributed by atoms with Gasteiger partial charge in [0.1, 0.15) is 0 Å². The van der Waals surface area contributed by atoms with Gasteiger partial charge in [-0.1, -0.05) is 63.5 Å². The zero-order valence-electron chi connectivity index (χ0n) is 12.7. The van der Waals surface area contributed by atoms with Gasteiger partial charge in [0.2, 0.25) is 0 Å². The lowest BCUT2D eigenvalue weighted by molar-refractivity contribution is 0.399. The maximum atomic E-state index is 4.37. The fourth-order valence-electron chi connectivity index (χ4n) is 3.38. The molecule has 1 aromatic carbocycles. The minimum absolute atomic E-state index is 0.782. The van der Waals surface area contributed by atoms with Gasteiger partial charge in [0, 0.05) is 0 Å². The molecule has 0 aliphatic heterocycles. The second-order valence-electron chi connectivity index (χ2n) is 5.98. The largest absolute Gasteiger partial charge is 0.0992 e. The fraction of sp³-hybridized carbons (Fsp3) is 0.579. The molecule has 0 saturated heterocycles. The zero-order chi connectivity index (χ0) is 13.7. The van der Waals surface area contributed by atoms with Crippen molar-refractivity contribution in [1.82, 2.24) is 0 Å². The van der Waals surface area contributed by atoms with E-state index in [1.54, 1.807) is 0 Å². The van der Waals surface area contributed by atoms with Crippen molar-refractivity contribution in [1.29, 1.82) is 0 Å². The summed E-state index contributed by atoms with van der Waals surface area (Å²) in [6.07, 6.45) is 10.3. The van der Waals surface area contributed by atoms with E-state index in [1.807, 2.05) is 0 Å². The number of benzene rings is 1. The average molecular weight is 256 g/mol. The van der Waals surface area contributed by atoms with Gasteiger partial charge in [-0.3, -0.25) is 0 Å². The highest BCUT2D eigenvalue weighted by atomic mass is 14.2. The number of hydrogen-bond donors (Lipinski definition) is 0. The van der Waals surface area contributed by atoms with Crippen LogP contribution in [0.4, 0.5) is 0 Å². The van der Waals surface area contributed by atoms with Gasteiger partial charge >= 0.3 is 0 Å². The molecule has 0 unspecified atom stereocenters. The molecule has 0 aromatic heterocycles. The molecule has 0 spiro atoms. The molecule has 104 valence electrons. The van der Waals surface area contributed by atoms with Crippen LogP contribution in [0.15, 0.2) is 30.4 Å². The summed E-state index contributed by atoms with van der Waals surface area (Å²) in [5.74, 6) is 0.782. The minimum atomic E-state index is 0.782. The number of rotatable bonds is 5. The normalized spacial score (nSPS) is 16.5. The lowest BCUT2D eigenvalue weighted by Crippen LogP contribution is -2.10. The highest BCUT2D eigenvalue weighted by Gasteiger charge is 2.16. The number of allylic oxidation sites excluding steroid dienone is 1. The summed E-state index contributed by atoms with van der Waals surface area (Å²) in [5.41, 5.74) is 5.96. The van der Waals surface area contributed by atoms with Gasteiger partial charge < -0.3 is 0 Å². The molecular formula is C19H28. The van der Waals surface area contributed by atoms with Crippen LogP contribution in [-0.2, 0) is 19.3 Å². The molecule has 0 nitrogen and oxygen atoms in total. The van der Waals surface area contributed by atoms with Crippen molar-refractivity contribution in [3.63, 3.8) is 0 Å². The maximum absolute atomic E-state index is 4.37. The summed E-state index contributed by atoms with van der Waals surface area (Å²) in [5, 5.41) is 0. The van der Waals surface area contributed by atoms with Crippen molar-refractivity contribution in [3.8, 4) is 0 Å². The molecule has 1 aliphatic rings. The highest BCUT2D eigenvalue weighted by molar-refractivity contribution is 5.34. The molecule has 0 radical (unpaired) electrons. The molecule has 1 aromatic rings. The minimum Gasteiger partial charge on any atom is -0.0992 e. The number of aryl methyl sites for hydroxylation is 2. The van der Waals surface area contributed by atoms with E-state index in [1.165, 1.54) is 54.4 Å². The first-order valence-corrected chi connectivity index (χ1v) is 8.03. The highest BCUT2D eigenvalue weighted by Crippen LogP contribution is 2.30. The Bertz CT molecular complexity index is 422. The Morgan fingerprint density at radius 3 is 2.37 bits per heavy atom. The van der Waals surface area contributed by atoms with E-state index in [0.717, 1.165) is 25.2 Å². The molecule has 0 heterocycles. The van der Waals surface area contributed by atoms with Gasteiger partial charge in [-0.05, 0) is 54.7 Å². The van der Waals surface area contributed by atoms with Crippen LogP contribution in [0.3, 0.4) is 0 Å². The number of hydrogen-bond acceptors (Lipinski definition) is 0. The van der Waals surface area contributed by atoms with Crippen molar-refractivity contribution in [3.05, 3.63) is 47.0 Å². The van der Waals surface area contributed by atoms with E-state index in [0.29, 0.717) is 0 Å². The Morgan fingerprint density at radius 1 is 1.05 bits per heavy atom. The van der Waals surface area contributed by atoms with Gasteiger partial charge in [-0.25, -0.2) is 0 Å². The van der Waals surface area contributed by atoms with Crippen LogP contribution in [0.5, 0.6) is 0 Å². The Kier molecular flexibility index (Phi) is 5.24. The van der Waals surface area contributed by atoms with Crippen LogP contribution in [-0.4, -0.2) is 0 Å². The van der Waals surface area contributed by atoms with Crippen molar-refractivity contribution in [2.24, 2.45) is 5.92 Å². The lowest BCUT2D eigenvalue weighted by Gasteiger charge is -2.24. The van der Waals surface area contributed by atoms with Gasteiger partial charge in [0.05, 0.1) is 0 Å². The third-order valence-corrected chi connectivity index (χ3v) is 4.65. The predicted octanol–water partition coefficient (Wildman–Crippen LogP) is 5.49. The molecule has 1 aliphatic carbocycles. The molecule has 0 amide bonds. The summed E-state index contributed by atoms with van der Waals surface area (Å²) in [6.45, 7) is 8.88. The molecule has 2 rings (SSSR count). The van der Waals surface area contributed by atoms with Crippen molar-refractivity contribution in [2.75, 3.05) is 0 Å². The third kappa shape index (κ3) is 3.72. The molecular weight excluding hydrogens is 228 g/mol. The van der Waals surface area contributed by atoms with Gasteiger partial charge in [-0.2, -0.15) is 0 Å². The van der Waals surface area contributed by atoms with Gasteiger partial charge in [-0.15, -0.1) is 0 Å². The van der Waals surface area contributed by atoms with Crippen LogP contribution >= 0.6 is 0 Å². The first-order valence-electron chi connectivity index (χ1n) is 8.03. The van der Waals surface area contributed by atoms with Crippen LogP contribution < -0.4 is 0 Å². The second-order valence-corrected chi connectivity index (χ2v) is 5.98. The SMILES string of the molecule is C=C(Cc1ccc(CC)c(CC)c1)C1CCCCC1. The third-order valence-electron chi connectivity index (χ3n) is 4.65. The maximum Gasteiger partial charge on any atom is -0.00669 e. The molecule has 19 heavy (non-hydrogen) atoms. The molecule has 1 saturated carbocycles. The Labute approximate surface area is 118 Å². The average Bonchev–Trinajstić information content (AvgIpc) is 2.48. The standard InChI is InChI=1S/C19H28/c1-4-17-12-11-16(14-18(17)5-2)13-15(3)19-9-7-6-8-10-19/h11-12,14,19H,3-10,13H2,1-2H3. The molecule has 1 fully saturated rings. The van der Waals surface area contributed by atoms with Crippen LogP contribution in [0.2, 0.25) is 0 Å². The molecule has 0 atom stereocenters. The van der Waals surface area contributed by atoms with Gasteiger partial charge in [0.15, 0.2) is 0 Å². The molecule has 0 N–H and O–H groups in total. The van der Waals surface area contributed by atoms with E-state index >= 15 is 0 Å². The second kappa shape index (κ2) is 6.93. The zero-order valence-corrected chi connectivity index (χ0v) is 12.7. The van der Waals surface area contributed by atoms with Gasteiger partial charge in [0.25, 0.3) is 0 Å². The van der Waals surface area contributed by atoms with E-state index in [2.05, 4.69) is 38.6 Å². The van der Waals surface area contributed by atoms with E-state index < -0.39 is 0 Å². The van der Waals surface area contributed by atoms with E-state index in [4.69, 9.17) is 0 Å². The topological polar surface area (TPSA) is 0 Å². The van der Waals surface area contributed by atoms with Crippen molar-refractivity contribution in [2.45, 2.75) is 65.2 Å². The fourth-order valence-corrected chi connectivity index (χ4v) is 3.38. The van der Waals surface area contributed by atoms with Crippen LogP contribution in [0.25, 0.3) is 0 Å². The Morgan fingerprint density at radius 2 is 1.74 bits per heavy atom. The molecule has 0 bridgehead atoms. The summed E-state index contributed by atoms with van der Waals surface area (Å²) in [7, 11) is 0. The summed E-state index contributed by atoms with van der Waals surface area (Å²) in [4.78, 5) is 0. The van der Waals surface area contributed by atoms with Crippen molar-refractivity contribution >= 4 is 0 Å². The predicted molar refractivity (Wildman–Crippen MR) is 84.6 cm³/mol. The van der Waals surface area contributed by atoms with Crippen molar-refractivity contribution < 1.29 is 0 Å². The lowest BCUT2D eigenvalue weighted by atomic mass is 9.82. The monoisotopic (exact) mass is 256 g/mol. The van der Waals surface area contributed by atoms with E-state index in [-0.39, 0.29) is 0 Å². The Hall–Kier alpha value is -1.04. The Balaban J connectivity index is 2.03. The first-order chi connectivity index (χ1) is 9.24. The molecule has 0 heteroatoms. The van der Waals surface area contributed by atoms with Crippen LogP contribution in [0.1, 0.15) is 62.6 Å². The summed E-state index contributed by atoms with van der Waals surface area (Å²) >= 11 is 0. The van der Waals surface area contributed by atoms with Crippen LogP contribution in [0, 0.1) is 5.92 Å². The van der Waals surface area contributed by atoms with E-state index in [9.17, 15) is 0 Å². The first kappa shape index (κ1) is 14.4.